The number of rotatable bonds is 3. The number of nitrogens with zero attached hydrogens (tertiary/aromatic N) is 3. The lowest BCUT2D eigenvalue weighted by Gasteiger charge is -2.30. The average Bonchev–Trinajstić information content (AvgIpc) is 3.18. The molecule has 1 aliphatic heterocycles. The summed E-state index contributed by atoms with van der Waals surface area (Å²) in [5.74, 6) is 0.441. The van der Waals surface area contributed by atoms with E-state index in [0.29, 0.717) is 23.3 Å². The van der Waals surface area contributed by atoms with Crippen LogP contribution in [0, 0.1) is 0 Å². The molecule has 3 heterocycles. The smallest absolute Gasteiger partial charge is 0.331 e. The van der Waals surface area contributed by atoms with Crippen molar-refractivity contribution in [2.24, 2.45) is 14.1 Å². The summed E-state index contributed by atoms with van der Waals surface area (Å²) in [4.78, 5) is 25.6. The van der Waals surface area contributed by atoms with Crippen LogP contribution in [0.15, 0.2) is 58.3 Å². The predicted octanol–water partition coefficient (Wildman–Crippen LogP) is 2.65. The summed E-state index contributed by atoms with van der Waals surface area (Å²) in [5.41, 5.74) is 3.26. The molecule has 0 radical (unpaired) electrons. The summed E-state index contributed by atoms with van der Waals surface area (Å²) in [7, 11) is 3.16. The molecule has 0 saturated heterocycles. The molecular weight excluding hydrogens is 396 g/mol. The van der Waals surface area contributed by atoms with Crippen molar-refractivity contribution in [1.29, 1.82) is 0 Å². The monoisotopic (exact) mass is 418 g/mol. The fourth-order valence-electron chi connectivity index (χ4n) is 4.34. The number of phenolic OH excluding ortho intramolecular Hbond substituents is 1. The number of aromatic nitrogens is 3. The Morgan fingerprint density at radius 3 is 2.65 bits per heavy atom. The van der Waals surface area contributed by atoms with Crippen molar-refractivity contribution in [3.63, 3.8) is 0 Å². The van der Waals surface area contributed by atoms with Gasteiger partial charge in [-0.3, -0.25) is 13.9 Å². The Labute approximate surface area is 177 Å². The molecule has 0 fully saturated rings. The minimum Gasteiger partial charge on any atom is -0.504 e. The first-order valence-corrected chi connectivity index (χ1v) is 10.0. The van der Waals surface area contributed by atoms with Gasteiger partial charge in [0, 0.05) is 20.3 Å². The van der Waals surface area contributed by atoms with E-state index in [1.54, 1.807) is 25.4 Å². The van der Waals surface area contributed by atoms with Crippen molar-refractivity contribution < 1.29 is 9.84 Å². The molecule has 0 unspecified atom stereocenters. The largest absolute Gasteiger partial charge is 0.504 e. The van der Waals surface area contributed by atoms with E-state index in [1.165, 1.54) is 11.6 Å². The molecule has 0 aliphatic carbocycles. The van der Waals surface area contributed by atoms with E-state index in [1.807, 2.05) is 41.8 Å². The zero-order valence-electron chi connectivity index (χ0n) is 17.4. The van der Waals surface area contributed by atoms with Gasteiger partial charge in [-0.25, -0.2) is 4.79 Å². The number of anilines is 1. The number of fused-ring (bicyclic) bond motifs is 5. The Bertz CT molecular complexity index is 1460. The van der Waals surface area contributed by atoms with Gasteiger partial charge in [0.2, 0.25) is 0 Å². The van der Waals surface area contributed by atoms with E-state index in [4.69, 9.17) is 4.74 Å². The molecule has 0 spiro atoms. The summed E-state index contributed by atoms with van der Waals surface area (Å²) < 4.78 is 10.2. The first-order chi connectivity index (χ1) is 14.9. The summed E-state index contributed by atoms with van der Waals surface area (Å²) in [5, 5.41) is 14.2. The Morgan fingerprint density at radius 1 is 1.10 bits per heavy atom. The van der Waals surface area contributed by atoms with Crippen LogP contribution in [0.5, 0.6) is 11.5 Å². The van der Waals surface area contributed by atoms with Crippen molar-refractivity contribution in [1.82, 2.24) is 13.7 Å². The quantitative estimate of drug-likeness (QED) is 0.534. The molecule has 5 rings (SSSR count). The topological polar surface area (TPSA) is 90.4 Å². The van der Waals surface area contributed by atoms with Gasteiger partial charge in [0.1, 0.15) is 0 Å². The minimum absolute atomic E-state index is 0.0586. The van der Waals surface area contributed by atoms with Crippen LogP contribution in [0.1, 0.15) is 24.2 Å². The van der Waals surface area contributed by atoms with Gasteiger partial charge >= 0.3 is 5.69 Å². The summed E-state index contributed by atoms with van der Waals surface area (Å²) in [6.07, 6.45) is 1.79. The third kappa shape index (κ3) is 2.68. The van der Waals surface area contributed by atoms with E-state index in [0.717, 1.165) is 27.2 Å². The number of aryl methyl sites for hydroxylation is 1. The molecule has 8 nitrogen and oxygen atoms in total. The number of benzene rings is 2. The first-order valence-electron chi connectivity index (χ1n) is 10.0. The van der Waals surface area contributed by atoms with Gasteiger partial charge in [0.15, 0.2) is 11.5 Å². The molecule has 0 saturated carbocycles. The zero-order chi connectivity index (χ0) is 21.9. The second kappa shape index (κ2) is 6.80. The lowest BCUT2D eigenvalue weighted by molar-refractivity contribution is 0.317. The van der Waals surface area contributed by atoms with Crippen molar-refractivity contribution >= 4 is 16.6 Å². The van der Waals surface area contributed by atoms with Gasteiger partial charge in [-0.05, 0) is 36.8 Å². The van der Waals surface area contributed by atoms with Gasteiger partial charge in [-0.15, -0.1) is 0 Å². The number of hydrogen-bond acceptors (Lipinski definition) is 5. The van der Waals surface area contributed by atoms with Gasteiger partial charge in [-0.1, -0.05) is 18.2 Å². The van der Waals surface area contributed by atoms with Gasteiger partial charge in [-0.2, -0.15) is 0 Å². The van der Waals surface area contributed by atoms with Gasteiger partial charge < -0.3 is 19.7 Å². The number of ether oxygens (including phenoxy) is 1. The van der Waals surface area contributed by atoms with Crippen LogP contribution in [0.25, 0.3) is 16.6 Å². The Balaban J connectivity index is 1.87. The van der Waals surface area contributed by atoms with Crippen LogP contribution in [0.3, 0.4) is 0 Å². The zero-order valence-corrected chi connectivity index (χ0v) is 17.4. The molecule has 0 bridgehead atoms. The maximum absolute atomic E-state index is 12.9. The summed E-state index contributed by atoms with van der Waals surface area (Å²) in [6.45, 7) is 2.27. The molecule has 4 aromatic rings. The Kier molecular flexibility index (Phi) is 4.18. The lowest BCUT2D eigenvalue weighted by Crippen LogP contribution is -2.37. The van der Waals surface area contributed by atoms with Crippen LogP contribution in [-0.2, 0) is 14.1 Å². The van der Waals surface area contributed by atoms with Crippen molar-refractivity contribution in [3.8, 4) is 17.2 Å². The molecule has 2 aromatic heterocycles. The molecule has 158 valence electrons. The van der Waals surface area contributed by atoms with Crippen LogP contribution >= 0.6 is 0 Å². The van der Waals surface area contributed by atoms with Crippen LogP contribution in [0.4, 0.5) is 5.69 Å². The highest BCUT2D eigenvalue weighted by atomic mass is 16.5. The maximum atomic E-state index is 12.9. The lowest BCUT2D eigenvalue weighted by atomic mass is 9.99. The second-order valence-corrected chi connectivity index (χ2v) is 7.61. The molecule has 1 aliphatic rings. The molecule has 31 heavy (non-hydrogen) atoms. The van der Waals surface area contributed by atoms with Crippen molar-refractivity contribution in [3.05, 3.63) is 80.8 Å². The SMILES string of the molecule is CCOc1cc([C@@H]2Nc3ccccc3-n3cc4c(=O)n(C)c(=O)n(C)c4c32)ccc1O. The Hall–Kier alpha value is -3.94. The normalized spacial score (nSPS) is 14.7. The molecular formula is C23H22N4O4. The highest BCUT2D eigenvalue weighted by Gasteiger charge is 2.31. The number of hydrogen-bond donors (Lipinski definition) is 2. The maximum Gasteiger partial charge on any atom is 0.331 e. The predicted molar refractivity (Wildman–Crippen MR) is 118 cm³/mol. The molecule has 2 N–H and O–H groups in total. The first kappa shape index (κ1) is 19.0. The number of aromatic hydroxyl groups is 1. The van der Waals surface area contributed by atoms with E-state index in [-0.39, 0.29) is 23.0 Å². The second-order valence-electron chi connectivity index (χ2n) is 7.61. The highest BCUT2D eigenvalue weighted by molar-refractivity contribution is 5.86. The molecule has 8 heteroatoms. The van der Waals surface area contributed by atoms with Crippen molar-refractivity contribution in [2.45, 2.75) is 13.0 Å². The van der Waals surface area contributed by atoms with Gasteiger partial charge in [0.25, 0.3) is 5.56 Å². The summed E-state index contributed by atoms with van der Waals surface area (Å²) >= 11 is 0. The standard InChI is InChI=1S/C23H22N4O4/c1-4-31-18-11-13(9-10-17(18)28)19-21-20-14(22(29)26(3)23(30)25(20)2)12-27(21)16-8-6-5-7-15(16)24-19/h5-12,19,24,28H,4H2,1-3H3/t19-/m0/s1. The van der Waals surface area contributed by atoms with Crippen LogP contribution < -0.4 is 21.3 Å². The highest BCUT2D eigenvalue weighted by Crippen LogP contribution is 2.42. The van der Waals surface area contributed by atoms with Crippen LogP contribution in [-0.4, -0.2) is 25.4 Å². The minimum atomic E-state index is -0.384. The number of nitrogens with one attached hydrogen (secondary N) is 1. The van der Waals surface area contributed by atoms with Gasteiger partial charge in [0.05, 0.1) is 40.6 Å². The third-order valence-electron chi connectivity index (χ3n) is 5.81. The average molecular weight is 418 g/mol. The Morgan fingerprint density at radius 2 is 1.87 bits per heavy atom. The third-order valence-corrected chi connectivity index (χ3v) is 5.81. The fraction of sp³-hybridized carbons (Fsp3) is 0.217. The fourth-order valence-corrected chi connectivity index (χ4v) is 4.34. The van der Waals surface area contributed by atoms with E-state index in [2.05, 4.69) is 5.32 Å². The van der Waals surface area contributed by atoms with E-state index < -0.39 is 0 Å². The van der Waals surface area contributed by atoms with E-state index >= 15 is 0 Å². The number of phenols is 1. The molecule has 2 aromatic carbocycles. The number of para-hydroxylation sites is 2. The van der Waals surface area contributed by atoms with Crippen LogP contribution in [0.2, 0.25) is 0 Å². The van der Waals surface area contributed by atoms with Crippen molar-refractivity contribution in [2.75, 3.05) is 11.9 Å². The summed E-state index contributed by atoms with van der Waals surface area (Å²) in [6, 6.07) is 12.6. The molecule has 1 atom stereocenters. The molecule has 0 amide bonds. The van der Waals surface area contributed by atoms with E-state index in [9.17, 15) is 14.7 Å².